The standard InChI is InChI=1S/C14H18N2O2/c17-12-15-11-14-3-1-13(2-4-14)5-6-16-7-9-18-10-8-16/h1-4H,5-11H2. The van der Waals surface area contributed by atoms with Gasteiger partial charge in [0.15, 0.2) is 0 Å². The summed E-state index contributed by atoms with van der Waals surface area (Å²) in [4.78, 5) is 16.0. The first-order valence-electron chi connectivity index (χ1n) is 6.30. The number of isocyanates is 1. The monoisotopic (exact) mass is 246 g/mol. The minimum Gasteiger partial charge on any atom is -0.379 e. The average Bonchev–Trinajstić information content (AvgIpc) is 2.45. The van der Waals surface area contributed by atoms with Crippen molar-refractivity contribution in [2.24, 2.45) is 4.99 Å². The van der Waals surface area contributed by atoms with Crippen LogP contribution >= 0.6 is 0 Å². The van der Waals surface area contributed by atoms with E-state index >= 15 is 0 Å². The Bertz CT molecular complexity index is 404. The smallest absolute Gasteiger partial charge is 0.235 e. The summed E-state index contributed by atoms with van der Waals surface area (Å²) < 4.78 is 5.32. The van der Waals surface area contributed by atoms with Crippen LogP contribution < -0.4 is 0 Å². The van der Waals surface area contributed by atoms with Gasteiger partial charge in [0.25, 0.3) is 0 Å². The molecule has 18 heavy (non-hydrogen) atoms. The third kappa shape index (κ3) is 4.08. The van der Waals surface area contributed by atoms with Crippen LogP contribution in [0.4, 0.5) is 0 Å². The highest BCUT2D eigenvalue weighted by molar-refractivity contribution is 5.34. The molecular weight excluding hydrogens is 228 g/mol. The number of nitrogens with zero attached hydrogens (tertiary/aromatic N) is 2. The lowest BCUT2D eigenvalue weighted by atomic mass is 10.1. The number of benzene rings is 1. The Hall–Kier alpha value is -1.48. The van der Waals surface area contributed by atoms with E-state index in [1.165, 1.54) is 5.56 Å². The summed E-state index contributed by atoms with van der Waals surface area (Å²) >= 11 is 0. The normalized spacial score (nSPS) is 16.2. The molecule has 0 atom stereocenters. The Balaban J connectivity index is 1.80. The number of carbonyl (C=O) groups excluding carboxylic acids is 1. The molecule has 1 heterocycles. The molecule has 1 saturated heterocycles. The van der Waals surface area contributed by atoms with E-state index in [1.807, 2.05) is 12.1 Å². The first-order chi connectivity index (χ1) is 8.88. The highest BCUT2D eigenvalue weighted by atomic mass is 16.5. The first kappa shape index (κ1) is 13.0. The second-order valence-electron chi connectivity index (χ2n) is 4.43. The summed E-state index contributed by atoms with van der Waals surface area (Å²) in [6.45, 7) is 5.27. The molecule has 0 bridgehead atoms. The number of hydrogen-bond donors (Lipinski definition) is 0. The molecule has 4 nitrogen and oxygen atoms in total. The van der Waals surface area contributed by atoms with Crippen molar-refractivity contribution in [3.8, 4) is 0 Å². The van der Waals surface area contributed by atoms with Crippen molar-refractivity contribution in [2.75, 3.05) is 32.8 Å². The minimum atomic E-state index is 0.424. The molecule has 0 spiro atoms. The van der Waals surface area contributed by atoms with E-state index in [4.69, 9.17) is 4.74 Å². The predicted octanol–water partition coefficient (Wildman–Crippen LogP) is 1.40. The average molecular weight is 246 g/mol. The molecule has 1 aromatic rings. The Morgan fingerprint density at radius 3 is 2.50 bits per heavy atom. The zero-order valence-corrected chi connectivity index (χ0v) is 10.5. The van der Waals surface area contributed by atoms with Crippen LogP contribution in [0.25, 0.3) is 0 Å². The van der Waals surface area contributed by atoms with Crippen LogP contribution in [0.3, 0.4) is 0 Å². The van der Waals surface area contributed by atoms with E-state index < -0.39 is 0 Å². The van der Waals surface area contributed by atoms with Crippen molar-refractivity contribution in [3.05, 3.63) is 35.4 Å². The third-order valence-corrected chi connectivity index (χ3v) is 3.17. The summed E-state index contributed by atoms with van der Waals surface area (Å²) in [6, 6.07) is 8.26. The topological polar surface area (TPSA) is 41.9 Å². The van der Waals surface area contributed by atoms with Crippen LogP contribution in [0.1, 0.15) is 11.1 Å². The summed E-state index contributed by atoms with van der Waals surface area (Å²) in [5.41, 5.74) is 2.37. The zero-order chi connectivity index (χ0) is 12.6. The molecule has 2 rings (SSSR count). The second kappa shape index (κ2) is 7.07. The highest BCUT2D eigenvalue weighted by Gasteiger charge is 2.09. The fourth-order valence-corrected chi connectivity index (χ4v) is 2.05. The maximum atomic E-state index is 10.0. The number of aliphatic imine (C=N–C) groups is 1. The largest absolute Gasteiger partial charge is 0.379 e. The van der Waals surface area contributed by atoms with Crippen molar-refractivity contribution < 1.29 is 9.53 Å². The minimum absolute atomic E-state index is 0.424. The molecule has 1 aliphatic rings. The molecule has 96 valence electrons. The maximum Gasteiger partial charge on any atom is 0.235 e. The lowest BCUT2D eigenvalue weighted by molar-refractivity contribution is 0.0384. The Morgan fingerprint density at radius 2 is 1.83 bits per heavy atom. The quantitative estimate of drug-likeness (QED) is 0.582. The van der Waals surface area contributed by atoms with Crippen molar-refractivity contribution in [1.29, 1.82) is 0 Å². The fraction of sp³-hybridized carbons (Fsp3) is 0.500. The van der Waals surface area contributed by atoms with E-state index in [-0.39, 0.29) is 0 Å². The Kier molecular flexibility index (Phi) is 5.09. The van der Waals surface area contributed by atoms with E-state index in [2.05, 4.69) is 22.0 Å². The van der Waals surface area contributed by atoms with Gasteiger partial charge >= 0.3 is 0 Å². The summed E-state index contributed by atoms with van der Waals surface area (Å²) in [5.74, 6) is 0. The Labute approximate surface area is 107 Å². The number of hydrogen-bond acceptors (Lipinski definition) is 4. The molecule has 4 heteroatoms. The SMILES string of the molecule is O=C=NCc1ccc(CCN2CCOCC2)cc1. The van der Waals surface area contributed by atoms with Crippen LogP contribution in [0.5, 0.6) is 0 Å². The molecule has 0 amide bonds. The molecule has 1 aliphatic heterocycles. The molecule has 0 unspecified atom stereocenters. The van der Waals surface area contributed by atoms with Gasteiger partial charge in [-0.15, -0.1) is 0 Å². The van der Waals surface area contributed by atoms with Crippen LogP contribution in [0, 0.1) is 0 Å². The van der Waals surface area contributed by atoms with Crippen LogP contribution in [-0.2, 0) is 22.5 Å². The lowest BCUT2D eigenvalue weighted by Gasteiger charge is -2.26. The van der Waals surface area contributed by atoms with E-state index in [0.29, 0.717) is 6.54 Å². The van der Waals surface area contributed by atoms with Gasteiger partial charge in [-0.3, -0.25) is 4.90 Å². The highest BCUT2D eigenvalue weighted by Crippen LogP contribution is 2.07. The summed E-state index contributed by atoms with van der Waals surface area (Å²) in [6.07, 6.45) is 2.61. The lowest BCUT2D eigenvalue weighted by Crippen LogP contribution is -2.37. The summed E-state index contributed by atoms with van der Waals surface area (Å²) in [7, 11) is 0. The van der Waals surface area contributed by atoms with Gasteiger partial charge in [0.2, 0.25) is 6.08 Å². The van der Waals surface area contributed by atoms with Crippen LogP contribution in [0.15, 0.2) is 29.3 Å². The van der Waals surface area contributed by atoms with Gasteiger partial charge in [-0.25, -0.2) is 9.79 Å². The van der Waals surface area contributed by atoms with Crippen molar-refractivity contribution in [2.45, 2.75) is 13.0 Å². The fourth-order valence-electron chi connectivity index (χ4n) is 2.05. The molecule has 1 fully saturated rings. The molecular formula is C14H18N2O2. The van der Waals surface area contributed by atoms with Gasteiger partial charge in [0, 0.05) is 19.6 Å². The van der Waals surface area contributed by atoms with Gasteiger partial charge in [0.05, 0.1) is 19.8 Å². The molecule has 0 saturated carbocycles. The first-order valence-corrected chi connectivity index (χ1v) is 6.30. The maximum absolute atomic E-state index is 10.0. The third-order valence-electron chi connectivity index (χ3n) is 3.17. The van der Waals surface area contributed by atoms with Gasteiger partial charge in [0.1, 0.15) is 0 Å². The van der Waals surface area contributed by atoms with E-state index in [1.54, 1.807) is 6.08 Å². The zero-order valence-electron chi connectivity index (χ0n) is 10.5. The van der Waals surface area contributed by atoms with Crippen LogP contribution in [-0.4, -0.2) is 43.8 Å². The van der Waals surface area contributed by atoms with Gasteiger partial charge in [-0.2, -0.15) is 0 Å². The molecule has 0 aliphatic carbocycles. The van der Waals surface area contributed by atoms with Gasteiger partial charge < -0.3 is 4.74 Å². The van der Waals surface area contributed by atoms with Crippen molar-refractivity contribution in [1.82, 2.24) is 4.90 Å². The van der Waals surface area contributed by atoms with Gasteiger partial charge in [-0.1, -0.05) is 24.3 Å². The number of rotatable bonds is 5. The molecule has 0 aromatic heterocycles. The number of morpholine rings is 1. The predicted molar refractivity (Wildman–Crippen MR) is 69.2 cm³/mol. The molecule has 0 N–H and O–H groups in total. The molecule has 0 radical (unpaired) electrons. The summed E-state index contributed by atoms with van der Waals surface area (Å²) in [5, 5.41) is 0. The second-order valence-corrected chi connectivity index (χ2v) is 4.43. The van der Waals surface area contributed by atoms with Crippen molar-refractivity contribution >= 4 is 6.08 Å². The van der Waals surface area contributed by atoms with E-state index in [0.717, 1.165) is 44.8 Å². The molecule has 1 aromatic carbocycles. The van der Waals surface area contributed by atoms with Crippen LogP contribution in [0.2, 0.25) is 0 Å². The van der Waals surface area contributed by atoms with Crippen molar-refractivity contribution in [3.63, 3.8) is 0 Å². The van der Waals surface area contributed by atoms with Gasteiger partial charge in [-0.05, 0) is 17.5 Å². The number of ether oxygens (including phenoxy) is 1. The van der Waals surface area contributed by atoms with E-state index in [9.17, 15) is 4.79 Å². The Morgan fingerprint density at radius 1 is 1.17 bits per heavy atom.